The van der Waals surface area contributed by atoms with Gasteiger partial charge in [-0.25, -0.2) is 0 Å². The van der Waals surface area contributed by atoms with Crippen LogP contribution in [0.25, 0.3) is 0 Å². The summed E-state index contributed by atoms with van der Waals surface area (Å²) in [7, 11) is 0. The van der Waals surface area contributed by atoms with Crippen LogP contribution in [0.4, 0.5) is 0 Å². The van der Waals surface area contributed by atoms with Crippen LogP contribution in [0.15, 0.2) is 0 Å². The van der Waals surface area contributed by atoms with E-state index in [4.69, 9.17) is 0 Å². The number of hydrogen-bond acceptors (Lipinski definition) is 2. The van der Waals surface area contributed by atoms with E-state index in [1.165, 1.54) is 38.8 Å². The lowest BCUT2D eigenvalue weighted by molar-refractivity contribution is 0.110. The molecule has 0 aromatic rings. The molecule has 102 valence electrons. The molecule has 0 saturated heterocycles. The van der Waals surface area contributed by atoms with Crippen LogP contribution in [0.2, 0.25) is 0 Å². The van der Waals surface area contributed by atoms with Crippen LogP contribution < -0.4 is 5.32 Å². The fraction of sp³-hybridized carbons (Fsp3) is 1.00. The quantitative estimate of drug-likeness (QED) is 0.623. The third kappa shape index (κ3) is 4.97. The van der Waals surface area contributed by atoms with E-state index < -0.39 is 0 Å². The van der Waals surface area contributed by atoms with Gasteiger partial charge in [0.1, 0.15) is 0 Å². The summed E-state index contributed by atoms with van der Waals surface area (Å²) in [5, 5.41) is 3.60. The van der Waals surface area contributed by atoms with E-state index in [1.807, 2.05) is 0 Å². The molecular weight excluding hydrogens is 208 g/mol. The molecule has 0 spiro atoms. The van der Waals surface area contributed by atoms with Crippen LogP contribution in [0.5, 0.6) is 0 Å². The Bertz CT molecular complexity index is 187. The topological polar surface area (TPSA) is 15.3 Å². The van der Waals surface area contributed by atoms with Gasteiger partial charge in [-0.15, -0.1) is 0 Å². The van der Waals surface area contributed by atoms with Crippen molar-refractivity contribution in [2.24, 2.45) is 11.8 Å². The van der Waals surface area contributed by atoms with E-state index in [1.54, 1.807) is 0 Å². The Kier molecular flexibility index (Phi) is 7.14. The van der Waals surface area contributed by atoms with Crippen LogP contribution in [0.3, 0.4) is 0 Å². The van der Waals surface area contributed by atoms with Gasteiger partial charge in [0.05, 0.1) is 0 Å². The van der Waals surface area contributed by atoms with Gasteiger partial charge < -0.3 is 5.32 Å². The Morgan fingerprint density at radius 2 is 1.94 bits per heavy atom. The Labute approximate surface area is 108 Å². The second-order valence-electron chi connectivity index (χ2n) is 5.90. The molecule has 1 unspecified atom stereocenters. The van der Waals surface area contributed by atoms with Gasteiger partial charge >= 0.3 is 0 Å². The van der Waals surface area contributed by atoms with Crippen LogP contribution in [0, 0.1) is 11.8 Å². The van der Waals surface area contributed by atoms with Crippen molar-refractivity contribution in [3.8, 4) is 0 Å². The molecule has 0 aliphatic heterocycles. The summed E-state index contributed by atoms with van der Waals surface area (Å²) in [5.41, 5.74) is 0. The molecular formula is C15H32N2. The fourth-order valence-corrected chi connectivity index (χ4v) is 2.72. The highest BCUT2D eigenvalue weighted by Crippen LogP contribution is 2.28. The van der Waals surface area contributed by atoms with Gasteiger partial charge in [0.2, 0.25) is 0 Å². The number of likely N-dealkylation sites (N-methyl/N-ethyl adjacent to an activating group) is 1. The molecule has 0 heterocycles. The highest BCUT2D eigenvalue weighted by Gasteiger charge is 2.25. The second-order valence-corrected chi connectivity index (χ2v) is 5.90. The Morgan fingerprint density at radius 1 is 1.24 bits per heavy atom. The van der Waals surface area contributed by atoms with E-state index in [0.717, 1.165) is 24.9 Å². The fourth-order valence-electron chi connectivity index (χ4n) is 2.72. The minimum absolute atomic E-state index is 0.715. The van der Waals surface area contributed by atoms with Crippen LogP contribution in [0.1, 0.15) is 53.4 Å². The molecule has 1 fully saturated rings. The minimum atomic E-state index is 0.715. The normalized spacial score (nSPS) is 18.7. The van der Waals surface area contributed by atoms with Gasteiger partial charge in [0, 0.05) is 19.1 Å². The molecule has 0 aromatic heterocycles. The first-order valence-corrected chi connectivity index (χ1v) is 7.63. The third-order valence-electron chi connectivity index (χ3n) is 4.14. The average Bonchev–Trinajstić information content (AvgIpc) is 2.24. The minimum Gasteiger partial charge on any atom is -0.315 e. The zero-order valence-electron chi connectivity index (χ0n) is 12.3. The summed E-state index contributed by atoms with van der Waals surface area (Å²) in [6.45, 7) is 14.1. The summed E-state index contributed by atoms with van der Waals surface area (Å²) in [5.74, 6) is 1.74. The van der Waals surface area contributed by atoms with Crippen molar-refractivity contribution in [3.63, 3.8) is 0 Å². The molecule has 1 saturated carbocycles. The van der Waals surface area contributed by atoms with Crippen molar-refractivity contribution in [3.05, 3.63) is 0 Å². The lowest BCUT2D eigenvalue weighted by Gasteiger charge is -2.38. The predicted molar refractivity (Wildman–Crippen MR) is 76.4 cm³/mol. The van der Waals surface area contributed by atoms with Gasteiger partial charge in [-0.05, 0) is 44.2 Å². The van der Waals surface area contributed by atoms with E-state index in [-0.39, 0.29) is 0 Å². The number of rotatable bonds is 9. The summed E-state index contributed by atoms with van der Waals surface area (Å²) in [6.07, 6.45) is 5.62. The van der Waals surface area contributed by atoms with Crippen molar-refractivity contribution in [2.75, 3.05) is 26.2 Å². The van der Waals surface area contributed by atoms with Gasteiger partial charge in [0.15, 0.2) is 0 Å². The largest absolute Gasteiger partial charge is 0.315 e. The van der Waals surface area contributed by atoms with Crippen molar-refractivity contribution < 1.29 is 0 Å². The molecule has 0 bridgehead atoms. The van der Waals surface area contributed by atoms with Crippen molar-refractivity contribution >= 4 is 0 Å². The number of nitrogens with one attached hydrogen (secondary N) is 1. The van der Waals surface area contributed by atoms with Crippen molar-refractivity contribution in [2.45, 2.75) is 59.4 Å². The highest BCUT2D eigenvalue weighted by atomic mass is 15.2. The summed E-state index contributed by atoms with van der Waals surface area (Å²) in [6, 6.07) is 0.715. The molecule has 2 heteroatoms. The monoisotopic (exact) mass is 240 g/mol. The molecule has 0 amide bonds. The molecule has 1 aliphatic rings. The van der Waals surface area contributed by atoms with Crippen molar-refractivity contribution in [1.82, 2.24) is 10.2 Å². The zero-order chi connectivity index (χ0) is 12.7. The second kappa shape index (κ2) is 8.10. The Morgan fingerprint density at radius 3 is 2.35 bits per heavy atom. The van der Waals surface area contributed by atoms with Crippen molar-refractivity contribution in [1.29, 1.82) is 0 Å². The van der Waals surface area contributed by atoms with Gasteiger partial charge in [0.25, 0.3) is 0 Å². The Balaban J connectivity index is 2.39. The van der Waals surface area contributed by atoms with Gasteiger partial charge in [-0.3, -0.25) is 4.90 Å². The first-order valence-electron chi connectivity index (χ1n) is 7.63. The standard InChI is InChI=1S/C15H32N2/c1-5-10-16-11-15(13(3)4)17(6-2)12-14-8-7-9-14/h13-16H,5-12H2,1-4H3. The average molecular weight is 240 g/mol. The number of nitrogens with zero attached hydrogens (tertiary/aromatic N) is 1. The summed E-state index contributed by atoms with van der Waals surface area (Å²) < 4.78 is 0. The maximum absolute atomic E-state index is 3.60. The number of hydrogen-bond donors (Lipinski definition) is 1. The van der Waals surface area contributed by atoms with E-state index in [2.05, 4.69) is 37.9 Å². The first-order chi connectivity index (χ1) is 8.19. The maximum atomic E-state index is 3.60. The molecule has 2 nitrogen and oxygen atoms in total. The smallest absolute Gasteiger partial charge is 0.0243 e. The molecule has 0 aromatic carbocycles. The SMILES string of the molecule is CCCNCC(C(C)C)N(CC)CC1CCC1. The van der Waals surface area contributed by atoms with Crippen LogP contribution >= 0.6 is 0 Å². The van der Waals surface area contributed by atoms with Crippen LogP contribution in [-0.4, -0.2) is 37.1 Å². The van der Waals surface area contributed by atoms with Gasteiger partial charge in [-0.1, -0.05) is 34.1 Å². The van der Waals surface area contributed by atoms with E-state index in [9.17, 15) is 0 Å². The van der Waals surface area contributed by atoms with Crippen LogP contribution in [-0.2, 0) is 0 Å². The van der Waals surface area contributed by atoms with E-state index in [0.29, 0.717) is 6.04 Å². The maximum Gasteiger partial charge on any atom is 0.0243 e. The Hall–Kier alpha value is -0.0800. The lowest BCUT2D eigenvalue weighted by Crippen LogP contribution is -2.48. The summed E-state index contributed by atoms with van der Waals surface area (Å²) >= 11 is 0. The summed E-state index contributed by atoms with van der Waals surface area (Å²) in [4.78, 5) is 2.71. The van der Waals surface area contributed by atoms with Gasteiger partial charge in [-0.2, -0.15) is 0 Å². The molecule has 1 aliphatic carbocycles. The highest BCUT2D eigenvalue weighted by molar-refractivity contribution is 4.81. The van der Waals surface area contributed by atoms with E-state index >= 15 is 0 Å². The molecule has 1 atom stereocenters. The molecule has 0 radical (unpaired) electrons. The predicted octanol–water partition coefficient (Wildman–Crippen LogP) is 3.13. The molecule has 1 rings (SSSR count). The zero-order valence-corrected chi connectivity index (χ0v) is 12.3. The third-order valence-corrected chi connectivity index (χ3v) is 4.14. The molecule has 1 N–H and O–H groups in total. The molecule has 17 heavy (non-hydrogen) atoms. The lowest BCUT2D eigenvalue weighted by atomic mass is 9.84. The first kappa shape index (κ1) is 15.0.